The molecule has 0 heterocycles. The number of hydrogen-bond donors (Lipinski definition) is 0. The molecule has 0 bridgehead atoms. The first-order valence-corrected chi connectivity index (χ1v) is 3.53. The summed E-state index contributed by atoms with van der Waals surface area (Å²) in [6.45, 7) is 0.239. The van der Waals surface area contributed by atoms with Gasteiger partial charge in [0.1, 0.15) is 6.61 Å². The number of benzene rings is 1. The Hall–Kier alpha value is -0.440. The molecule has 0 aromatic heterocycles. The number of halogens is 3. The van der Waals surface area contributed by atoms with Crippen LogP contribution >= 0.6 is 36.4 Å². The van der Waals surface area contributed by atoms with Crippen LogP contribution in [0.3, 0.4) is 0 Å². The van der Waals surface area contributed by atoms with Gasteiger partial charge in [-0.15, -0.1) is 24.8 Å². The zero-order chi connectivity index (χ0) is 8.10. The topological polar surface area (TPSA) is 26.3 Å². The lowest BCUT2D eigenvalue weighted by Crippen LogP contribution is -1.93. The molecule has 0 spiro atoms. The quantitative estimate of drug-likeness (QED) is 0.749. The van der Waals surface area contributed by atoms with E-state index in [-0.39, 0.29) is 38.8 Å². The fourth-order valence-corrected chi connectivity index (χ4v) is 0.769. The van der Waals surface area contributed by atoms with E-state index in [2.05, 4.69) is 4.74 Å². The minimum Gasteiger partial charge on any atom is -0.449 e. The van der Waals surface area contributed by atoms with Crippen molar-refractivity contribution in [3.63, 3.8) is 0 Å². The molecule has 0 saturated carbocycles. The highest BCUT2D eigenvalue weighted by molar-refractivity contribution is 6.61. The highest BCUT2D eigenvalue weighted by atomic mass is 35.5. The molecule has 0 saturated heterocycles. The highest BCUT2D eigenvalue weighted by Crippen LogP contribution is 2.01. The largest absolute Gasteiger partial charge is 0.449 e. The molecular weight excluding hydrogens is 246 g/mol. The molecule has 2 nitrogen and oxygen atoms in total. The normalized spacial score (nSPS) is 7.21. The van der Waals surface area contributed by atoms with Crippen LogP contribution in [0.25, 0.3) is 0 Å². The molecule has 14 heavy (non-hydrogen) atoms. The molecular formula is C9H13Cl3O2. The second-order valence-electron chi connectivity index (χ2n) is 2.01. The van der Waals surface area contributed by atoms with Gasteiger partial charge in [-0.05, 0) is 5.56 Å². The van der Waals surface area contributed by atoms with Crippen molar-refractivity contribution in [2.24, 2.45) is 0 Å². The van der Waals surface area contributed by atoms with Crippen LogP contribution in [-0.4, -0.2) is 5.43 Å². The first-order chi connectivity index (χ1) is 5.29. The van der Waals surface area contributed by atoms with Crippen molar-refractivity contribution in [2.45, 2.75) is 14.0 Å². The van der Waals surface area contributed by atoms with E-state index in [4.69, 9.17) is 11.6 Å². The summed E-state index contributed by atoms with van der Waals surface area (Å²) in [5, 5.41) is 0. The standard InChI is InChI=1S/C8H7ClO2.CH4.2ClH/c9-8(10)11-6-7-4-2-1-3-5-7;;;/h1-5H,6H2;1H4;2*1H. The van der Waals surface area contributed by atoms with Crippen molar-refractivity contribution >= 4 is 41.8 Å². The highest BCUT2D eigenvalue weighted by Gasteiger charge is 1.95. The van der Waals surface area contributed by atoms with Crippen molar-refractivity contribution in [3.8, 4) is 0 Å². The molecule has 1 aromatic rings. The summed E-state index contributed by atoms with van der Waals surface area (Å²) in [7, 11) is 0. The molecule has 0 radical (unpaired) electrons. The number of carbonyl (C=O) groups is 1. The van der Waals surface area contributed by atoms with Gasteiger partial charge in [0.15, 0.2) is 0 Å². The summed E-state index contributed by atoms with van der Waals surface area (Å²) in [6, 6.07) is 9.36. The first-order valence-electron chi connectivity index (χ1n) is 3.15. The van der Waals surface area contributed by atoms with Gasteiger partial charge in [-0.3, -0.25) is 0 Å². The van der Waals surface area contributed by atoms with Crippen LogP contribution in [0.2, 0.25) is 0 Å². The van der Waals surface area contributed by atoms with Crippen LogP contribution in [0, 0.1) is 0 Å². The molecule has 0 amide bonds. The van der Waals surface area contributed by atoms with Crippen molar-refractivity contribution in [1.29, 1.82) is 0 Å². The zero-order valence-corrected chi connectivity index (χ0v) is 8.99. The smallest absolute Gasteiger partial charge is 0.404 e. The Labute approximate surface area is 101 Å². The van der Waals surface area contributed by atoms with E-state index in [0.717, 1.165) is 5.56 Å². The van der Waals surface area contributed by atoms with Crippen LogP contribution < -0.4 is 0 Å². The van der Waals surface area contributed by atoms with E-state index in [9.17, 15) is 4.79 Å². The summed E-state index contributed by atoms with van der Waals surface area (Å²) in [6.07, 6.45) is 0. The third-order valence-corrected chi connectivity index (χ3v) is 1.30. The molecule has 0 aliphatic carbocycles. The maximum Gasteiger partial charge on any atom is 0.404 e. The summed E-state index contributed by atoms with van der Waals surface area (Å²) >= 11 is 4.97. The molecule has 82 valence electrons. The maximum absolute atomic E-state index is 10.2. The number of ether oxygens (including phenoxy) is 1. The van der Waals surface area contributed by atoms with Gasteiger partial charge < -0.3 is 4.74 Å². The Morgan fingerprint density at radius 2 is 1.71 bits per heavy atom. The SMILES string of the molecule is C.Cl.Cl.O=C(Cl)OCc1ccccc1. The van der Waals surface area contributed by atoms with E-state index in [1.807, 2.05) is 30.3 Å². The van der Waals surface area contributed by atoms with Gasteiger partial charge >= 0.3 is 5.43 Å². The first kappa shape index (κ1) is 19.2. The number of rotatable bonds is 2. The van der Waals surface area contributed by atoms with E-state index >= 15 is 0 Å². The Morgan fingerprint density at radius 1 is 1.21 bits per heavy atom. The second-order valence-corrected chi connectivity index (χ2v) is 2.32. The fourth-order valence-electron chi connectivity index (χ4n) is 0.714. The fraction of sp³-hybridized carbons (Fsp3) is 0.222. The maximum atomic E-state index is 10.2. The lowest BCUT2D eigenvalue weighted by Gasteiger charge is -1.98. The summed E-state index contributed by atoms with van der Waals surface area (Å²) in [5.74, 6) is 0. The van der Waals surface area contributed by atoms with Crippen LogP contribution in [0.15, 0.2) is 30.3 Å². The minimum absolute atomic E-state index is 0. The zero-order valence-electron chi connectivity index (χ0n) is 6.60. The summed E-state index contributed by atoms with van der Waals surface area (Å²) < 4.78 is 4.55. The third-order valence-electron chi connectivity index (χ3n) is 1.20. The predicted molar refractivity (Wildman–Crippen MR) is 63.7 cm³/mol. The van der Waals surface area contributed by atoms with Gasteiger partial charge in [-0.25, -0.2) is 4.79 Å². The van der Waals surface area contributed by atoms with Gasteiger partial charge in [0.2, 0.25) is 0 Å². The number of carbonyl (C=O) groups excluding carboxylic acids is 1. The monoisotopic (exact) mass is 258 g/mol. The predicted octanol–water partition coefficient (Wildman–Crippen LogP) is 4.04. The van der Waals surface area contributed by atoms with Crippen LogP contribution in [0.5, 0.6) is 0 Å². The van der Waals surface area contributed by atoms with Crippen LogP contribution in [-0.2, 0) is 11.3 Å². The molecule has 0 fully saturated rings. The lowest BCUT2D eigenvalue weighted by atomic mass is 10.2. The van der Waals surface area contributed by atoms with Gasteiger partial charge in [-0.1, -0.05) is 37.8 Å². The van der Waals surface area contributed by atoms with Gasteiger partial charge in [-0.2, -0.15) is 0 Å². The van der Waals surface area contributed by atoms with Crippen molar-refractivity contribution in [3.05, 3.63) is 35.9 Å². The molecule has 5 heteroatoms. The molecule has 1 rings (SSSR count). The van der Waals surface area contributed by atoms with Crippen LogP contribution in [0.4, 0.5) is 4.79 Å². The van der Waals surface area contributed by atoms with E-state index in [1.165, 1.54) is 0 Å². The van der Waals surface area contributed by atoms with Crippen molar-refractivity contribution in [2.75, 3.05) is 0 Å². The second kappa shape index (κ2) is 10.6. The van der Waals surface area contributed by atoms with Gasteiger partial charge in [0.05, 0.1) is 0 Å². The van der Waals surface area contributed by atoms with E-state index in [0.29, 0.717) is 0 Å². The molecule has 0 N–H and O–H groups in total. The minimum atomic E-state index is -0.770. The Morgan fingerprint density at radius 3 is 2.14 bits per heavy atom. The molecule has 0 aliphatic heterocycles. The van der Waals surface area contributed by atoms with Gasteiger partial charge in [0.25, 0.3) is 0 Å². The summed E-state index contributed by atoms with van der Waals surface area (Å²) in [5.41, 5.74) is 0.162. The average molecular weight is 260 g/mol. The van der Waals surface area contributed by atoms with Crippen molar-refractivity contribution < 1.29 is 9.53 Å². The lowest BCUT2D eigenvalue weighted by molar-refractivity contribution is 0.167. The van der Waals surface area contributed by atoms with Gasteiger partial charge in [0, 0.05) is 11.6 Å². The average Bonchev–Trinajstić information content (AvgIpc) is 2.03. The van der Waals surface area contributed by atoms with E-state index in [1.54, 1.807) is 0 Å². The third kappa shape index (κ3) is 8.17. The molecule has 1 aromatic carbocycles. The summed E-state index contributed by atoms with van der Waals surface area (Å²) in [4.78, 5) is 10.2. The molecule has 0 atom stereocenters. The Kier molecular flexibility index (Phi) is 14.6. The Balaban J connectivity index is -0.000000403. The molecule has 0 aliphatic rings. The van der Waals surface area contributed by atoms with Crippen molar-refractivity contribution in [1.82, 2.24) is 0 Å². The Bertz CT molecular complexity index is 239. The van der Waals surface area contributed by atoms with Crippen LogP contribution in [0.1, 0.15) is 13.0 Å². The van der Waals surface area contributed by atoms with E-state index < -0.39 is 5.43 Å². The number of hydrogen-bond acceptors (Lipinski definition) is 2. The molecule has 0 unspecified atom stereocenters.